The normalized spacial score (nSPS) is 16.2. The topological polar surface area (TPSA) is 58.2 Å². The first kappa shape index (κ1) is 11.2. The number of anilines is 1. The van der Waals surface area contributed by atoms with Crippen molar-refractivity contribution in [3.05, 3.63) is 34.4 Å². The predicted octanol–water partition coefficient (Wildman–Crippen LogP) is 0.899. The Hall–Kier alpha value is -1.95. The SMILES string of the molecule is O=c1[nH]c2cc(F)ccc2nc1N1CCOCC1. The van der Waals surface area contributed by atoms with Crippen molar-refractivity contribution in [2.45, 2.75) is 0 Å². The van der Waals surface area contributed by atoms with Crippen LogP contribution in [-0.2, 0) is 4.74 Å². The molecule has 0 radical (unpaired) electrons. The zero-order valence-corrected chi connectivity index (χ0v) is 9.65. The minimum atomic E-state index is -0.390. The van der Waals surface area contributed by atoms with Crippen LogP contribution in [0.3, 0.4) is 0 Å². The largest absolute Gasteiger partial charge is 0.378 e. The van der Waals surface area contributed by atoms with Crippen LogP contribution in [0, 0.1) is 5.82 Å². The van der Waals surface area contributed by atoms with Gasteiger partial charge in [-0.3, -0.25) is 4.79 Å². The number of aromatic amines is 1. The van der Waals surface area contributed by atoms with Crippen LogP contribution in [0.5, 0.6) is 0 Å². The van der Waals surface area contributed by atoms with Crippen molar-refractivity contribution >= 4 is 16.9 Å². The Morgan fingerprint density at radius 1 is 1.33 bits per heavy atom. The molecule has 0 atom stereocenters. The molecule has 0 unspecified atom stereocenters. The maximum Gasteiger partial charge on any atom is 0.291 e. The van der Waals surface area contributed by atoms with Crippen molar-refractivity contribution in [1.29, 1.82) is 0 Å². The van der Waals surface area contributed by atoms with E-state index >= 15 is 0 Å². The Balaban J connectivity index is 2.09. The maximum atomic E-state index is 13.0. The van der Waals surface area contributed by atoms with Gasteiger partial charge in [0.05, 0.1) is 24.2 Å². The Morgan fingerprint density at radius 2 is 2.11 bits per heavy atom. The standard InChI is InChI=1S/C12H12FN3O2/c13-8-1-2-9-10(7-8)15-12(17)11(14-9)16-3-5-18-6-4-16/h1-2,7H,3-6H2,(H,15,17). The lowest BCUT2D eigenvalue weighted by atomic mass is 10.3. The molecular weight excluding hydrogens is 237 g/mol. The summed E-state index contributed by atoms with van der Waals surface area (Å²) in [4.78, 5) is 20.8. The number of rotatable bonds is 1. The Labute approximate surface area is 102 Å². The lowest BCUT2D eigenvalue weighted by molar-refractivity contribution is 0.122. The van der Waals surface area contributed by atoms with Gasteiger partial charge >= 0.3 is 0 Å². The average Bonchev–Trinajstić information content (AvgIpc) is 2.39. The van der Waals surface area contributed by atoms with Crippen LogP contribution in [0.1, 0.15) is 0 Å². The fourth-order valence-electron chi connectivity index (χ4n) is 2.04. The minimum absolute atomic E-state index is 0.296. The molecule has 1 aliphatic rings. The average molecular weight is 249 g/mol. The third-order valence-electron chi connectivity index (χ3n) is 2.95. The van der Waals surface area contributed by atoms with E-state index in [4.69, 9.17) is 4.74 Å². The van der Waals surface area contributed by atoms with Crippen LogP contribution in [0.25, 0.3) is 11.0 Å². The number of benzene rings is 1. The molecule has 0 saturated carbocycles. The number of halogens is 1. The Morgan fingerprint density at radius 3 is 2.89 bits per heavy atom. The van der Waals surface area contributed by atoms with E-state index < -0.39 is 0 Å². The van der Waals surface area contributed by atoms with Crippen molar-refractivity contribution in [3.63, 3.8) is 0 Å². The fourth-order valence-corrected chi connectivity index (χ4v) is 2.04. The number of aromatic nitrogens is 2. The zero-order chi connectivity index (χ0) is 12.5. The molecular formula is C12H12FN3O2. The van der Waals surface area contributed by atoms with Crippen molar-refractivity contribution < 1.29 is 9.13 Å². The monoisotopic (exact) mass is 249 g/mol. The van der Waals surface area contributed by atoms with Crippen LogP contribution in [-0.4, -0.2) is 36.3 Å². The first-order valence-corrected chi connectivity index (χ1v) is 5.76. The van der Waals surface area contributed by atoms with E-state index in [1.807, 2.05) is 4.90 Å². The van der Waals surface area contributed by atoms with Gasteiger partial charge in [-0.1, -0.05) is 0 Å². The number of ether oxygens (including phenoxy) is 1. The third kappa shape index (κ3) is 1.95. The molecule has 0 bridgehead atoms. The summed E-state index contributed by atoms with van der Waals surface area (Å²) >= 11 is 0. The van der Waals surface area contributed by atoms with Crippen molar-refractivity contribution in [2.24, 2.45) is 0 Å². The summed E-state index contributed by atoms with van der Waals surface area (Å²) in [5.41, 5.74) is 0.699. The first-order chi connectivity index (χ1) is 8.74. The molecule has 1 aromatic heterocycles. The Kier molecular flexibility index (Phi) is 2.71. The number of hydrogen-bond donors (Lipinski definition) is 1. The lowest BCUT2D eigenvalue weighted by Gasteiger charge is -2.27. The smallest absolute Gasteiger partial charge is 0.291 e. The molecule has 2 heterocycles. The summed E-state index contributed by atoms with van der Waals surface area (Å²) in [5.74, 6) is -0.0171. The molecule has 1 aromatic carbocycles. The molecule has 18 heavy (non-hydrogen) atoms. The van der Waals surface area contributed by atoms with E-state index in [2.05, 4.69) is 9.97 Å². The fraction of sp³-hybridized carbons (Fsp3) is 0.333. The van der Waals surface area contributed by atoms with Gasteiger partial charge in [-0.05, 0) is 18.2 Å². The molecule has 0 aliphatic carbocycles. The van der Waals surface area contributed by atoms with Gasteiger partial charge in [0.25, 0.3) is 5.56 Å². The molecule has 1 N–H and O–H groups in total. The summed E-state index contributed by atoms with van der Waals surface area (Å²) in [6.07, 6.45) is 0. The van der Waals surface area contributed by atoms with Gasteiger partial charge in [-0.2, -0.15) is 0 Å². The molecule has 2 aromatic rings. The van der Waals surface area contributed by atoms with Gasteiger partial charge in [0.15, 0.2) is 5.82 Å². The number of morpholine rings is 1. The van der Waals surface area contributed by atoms with E-state index in [0.29, 0.717) is 43.2 Å². The van der Waals surface area contributed by atoms with Crippen LogP contribution in [0.2, 0.25) is 0 Å². The second-order valence-electron chi connectivity index (χ2n) is 4.15. The van der Waals surface area contributed by atoms with E-state index in [0.717, 1.165) is 0 Å². The molecule has 3 rings (SSSR count). The summed E-state index contributed by atoms with van der Waals surface area (Å²) in [5, 5.41) is 0. The summed E-state index contributed by atoms with van der Waals surface area (Å²) in [6, 6.07) is 4.16. The summed E-state index contributed by atoms with van der Waals surface area (Å²) in [6.45, 7) is 2.46. The van der Waals surface area contributed by atoms with Crippen molar-refractivity contribution in [1.82, 2.24) is 9.97 Å². The number of hydrogen-bond acceptors (Lipinski definition) is 4. The van der Waals surface area contributed by atoms with Crippen molar-refractivity contribution in [3.8, 4) is 0 Å². The molecule has 94 valence electrons. The van der Waals surface area contributed by atoms with Gasteiger partial charge in [-0.15, -0.1) is 0 Å². The highest BCUT2D eigenvalue weighted by Gasteiger charge is 2.16. The van der Waals surface area contributed by atoms with E-state index in [1.165, 1.54) is 12.1 Å². The molecule has 0 spiro atoms. The minimum Gasteiger partial charge on any atom is -0.378 e. The number of H-pyrrole nitrogens is 1. The van der Waals surface area contributed by atoms with E-state index in [-0.39, 0.29) is 11.4 Å². The van der Waals surface area contributed by atoms with Crippen molar-refractivity contribution in [2.75, 3.05) is 31.2 Å². The van der Waals surface area contributed by atoms with Crippen LogP contribution >= 0.6 is 0 Å². The molecule has 1 saturated heterocycles. The van der Waals surface area contributed by atoms with Gasteiger partial charge in [0, 0.05) is 13.1 Å². The second kappa shape index (κ2) is 4.38. The molecule has 1 fully saturated rings. The summed E-state index contributed by atoms with van der Waals surface area (Å²) in [7, 11) is 0. The van der Waals surface area contributed by atoms with Gasteiger partial charge in [0.1, 0.15) is 5.82 Å². The lowest BCUT2D eigenvalue weighted by Crippen LogP contribution is -2.40. The maximum absolute atomic E-state index is 13.0. The van der Waals surface area contributed by atoms with E-state index in [1.54, 1.807) is 6.07 Å². The number of nitrogens with one attached hydrogen (secondary N) is 1. The second-order valence-corrected chi connectivity index (χ2v) is 4.15. The molecule has 0 amide bonds. The highest BCUT2D eigenvalue weighted by atomic mass is 19.1. The van der Waals surface area contributed by atoms with Gasteiger partial charge < -0.3 is 14.6 Å². The molecule has 6 heteroatoms. The van der Waals surface area contributed by atoms with Crippen LogP contribution in [0.15, 0.2) is 23.0 Å². The number of fused-ring (bicyclic) bond motifs is 1. The molecule has 1 aliphatic heterocycles. The zero-order valence-electron chi connectivity index (χ0n) is 9.65. The Bertz CT molecular complexity index is 635. The highest BCUT2D eigenvalue weighted by molar-refractivity contribution is 5.75. The predicted molar refractivity (Wildman–Crippen MR) is 65.4 cm³/mol. The van der Waals surface area contributed by atoms with Crippen LogP contribution < -0.4 is 10.5 Å². The molecule has 5 nitrogen and oxygen atoms in total. The first-order valence-electron chi connectivity index (χ1n) is 5.76. The van der Waals surface area contributed by atoms with E-state index in [9.17, 15) is 9.18 Å². The highest BCUT2D eigenvalue weighted by Crippen LogP contribution is 2.14. The third-order valence-corrected chi connectivity index (χ3v) is 2.95. The summed E-state index contributed by atoms with van der Waals surface area (Å²) < 4.78 is 18.3. The van der Waals surface area contributed by atoms with Crippen LogP contribution in [0.4, 0.5) is 10.2 Å². The van der Waals surface area contributed by atoms with Gasteiger partial charge in [-0.25, -0.2) is 9.37 Å². The quantitative estimate of drug-likeness (QED) is 0.815. The van der Waals surface area contributed by atoms with Gasteiger partial charge in [0.2, 0.25) is 0 Å². The number of nitrogens with zero attached hydrogens (tertiary/aromatic N) is 2.